The van der Waals surface area contributed by atoms with E-state index in [0.717, 1.165) is 5.56 Å². The normalized spacial score (nSPS) is 11.8. The summed E-state index contributed by atoms with van der Waals surface area (Å²) in [5, 5.41) is 12.6. The third-order valence-corrected chi connectivity index (χ3v) is 5.89. The molecule has 0 radical (unpaired) electrons. The molecule has 1 amide bonds. The highest BCUT2D eigenvalue weighted by Crippen LogP contribution is 2.34. The van der Waals surface area contributed by atoms with Gasteiger partial charge in [0.25, 0.3) is 0 Å². The first-order valence-corrected chi connectivity index (χ1v) is 10.4. The Bertz CT molecular complexity index is 1020. The average molecular weight is 449 g/mol. The highest BCUT2D eigenvalue weighted by atomic mass is 35.5. The zero-order chi connectivity index (χ0) is 21.0. The summed E-state index contributed by atoms with van der Waals surface area (Å²) in [7, 11) is 1.60. The number of carboxylic acids is 1. The lowest BCUT2D eigenvalue weighted by Gasteiger charge is -2.21. The number of aromatic nitrogens is 1. The van der Waals surface area contributed by atoms with E-state index in [0.29, 0.717) is 32.9 Å². The predicted molar refractivity (Wildman–Crippen MR) is 117 cm³/mol. The number of nitrogens with zero attached hydrogens (tertiary/aromatic N) is 2. The van der Waals surface area contributed by atoms with Crippen LogP contribution < -0.4 is 4.90 Å². The van der Waals surface area contributed by atoms with Crippen molar-refractivity contribution < 1.29 is 14.7 Å². The topological polar surface area (TPSA) is 70.5 Å². The average Bonchev–Trinajstić information content (AvgIpc) is 3.18. The van der Waals surface area contributed by atoms with E-state index in [-0.39, 0.29) is 12.3 Å². The van der Waals surface area contributed by atoms with Crippen LogP contribution in [0.3, 0.4) is 0 Å². The van der Waals surface area contributed by atoms with E-state index in [1.54, 1.807) is 30.6 Å². The van der Waals surface area contributed by atoms with Gasteiger partial charge in [0.05, 0.1) is 23.1 Å². The molecule has 0 aliphatic rings. The van der Waals surface area contributed by atoms with Crippen LogP contribution in [0.4, 0.5) is 5.13 Å². The highest BCUT2D eigenvalue weighted by molar-refractivity contribution is 7.14. The van der Waals surface area contributed by atoms with Crippen molar-refractivity contribution in [2.75, 3.05) is 11.9 Å². The van der Waals surface area contributed by atoms with Crippen LogP contribution in [0, 0.1) is 5.92 Å². The molecule has 29 heavy (non-hydrogen) atoms. The zero-order valence-electron chi connectivity index (χ0n) is 15.5. The summed E-state index contributed by atoms with van der Waals surface area (Å²) < 4.78 is 0. The Labute approximate surface area is 182 Å². The van der Waals surface area contributed by atoms with E-state index in [2.05, 4.69) is 4.98 Å². The SMILES string of the molecule is CN(C(=O)C(CC(=O)O)Cc1ccccc1)c1nc(-c2cc(Cl)ccc2Cl)cs1. The molecule has 0 saturated heterocycles. The zero-order valence-corrected chi connectivity index (χ0v) is 17.8. The second kappa shape index (κ2) is 9.39. The summed E-state index contributed by atoms with van der Waals surface area (Å²) in [5.74, 6) is -2.01. The molecule has 0 fully saturated rings. The van der Waals surface area contributed by atoms with E-state index in [1.165, 1.54) is 16.2 Å². The fourth-order valence-corrected chi connectivity index (χ4v) is 4.14. The lowest BCUT2D eigenvalue weighted by Crippen LogP contribution is -2.35. The van der Waals surface area contributed by atoms with Crippen molar-refractivity contribution in [3.05, 3.63) is 69.5 Å². The maximum Gasteiger partial charge on any atom is 0.304 e. The van der Waals surface area contributed by atoms with E-state index >= 15 is 0 Å². The van der Waals surface area contributed by atoms with Gasteiger partial charge in [-0.25, -0.2) is 4.98 Å². The minimum absolute atomic E-state index is 0.254. The van der Waals surface area contributed by atoms with Crippen LogP contribution in [0.5, 0.6) is 0 Å². The van der Waals surface area contributed by atoms with Crippen molar-refractivity contribution in [2.45, 2.75) is 12.8 Å². The molecule has 3 rings (SSSR count). The van der Waals surface area contributed by atoms with Gasteiger partial charge in [-0.1, -0.05) is 53.5 Å². The Morgan fingerprint density at radius 1 is 1.17 bits per heavy atom. The monoisotopic (exact) mass is 448 g/mol. The van der Waals surface area contributed by atoms with Crippen LogP contribution in [-0.2, 0) is 16.0 Å². The Morgan fingerprint density at radius 3 is 2.59 bits per heavy atom. The lowest BCUT2D eigenvalue weighted by molar-refractivity contribution is -0.140. The molecule has 0 spiro atoms. The third kappa shape index (κ3) is 5.35. The summed E-state index contributed by atoms with van der Waals surface area (Å²) in [5.41, 5.74) is 2.19. The highest BCUT2D eigenvalue weighted by Gasteiger charge is 2.27. The number of carbonyl (C=O) groups excluding carboxylic acids is 1. The van der Waals surface area contributed by atoms with Gasteiger partial charge in [-0.05, 0) is 30.2 Å². The largest absolute Gasteiger partial charge is 0.481 e. The lowest BCUT2D eigenvalue weighted by atomic mass is 9.95. The van der Waals surface area contributed by atoms with Crippen molar-refractivity contribution >= 4 is 51.5 Å². The van der Waals surface area contributed by atoms with Gasteiger partial charge in [0.2, 0.25) is 5.91 Å². The maximum atomic E-state index is 13.0. The van der Waals surface area contributed by atoms with Crippen molar-refractivity contribution in [3.8, 4) is 11.3 Å². The minimum atomic E-state index is -1.02. The number of amides is 1. The number of anilines is 1. The quantitative estimate of drug-likeness (QED) is 0.524. The smallest absolute Gasteiger partial charge is 0.304 e. The molecule has 150 valence electrons. The summed E-state index contributed by atoms with van der Waals surface area (Å²) in [6.07, 6.45) is 0.0884. The first-order chi connectivity index (χ1) is 13.8. The molecule has 1 unspecified atom stereocenters. The van der Waals surface area contributed by atoms with Gasteiger partial charge in [0.1, 0.15) is 0 Å². The van der Waals surface area contributed by atoms with E-state index in [1.807, 2.05) is 30.3 Å². The maximum absolute atomic E-state index is 13.0. The molecule has 8 heteroatoms. The molecule has 1 atom stereocenters. The van der Waals surface area contributed by atoms with Gasteiger partial charge in [-0.2, -0.15) is 0 Å². The molecule has 1 N–H and O–H groups in total. The van der Waals surface area contributed by atoms with Crippen LogP contribution >= 0.6 is 34.5 Å². The van der Waals surface area contributed by atoms with E-state index in [9.17, 15) is 14.7 Å². The molecule has 1 aromatic heterocycles. The number of carboxylic acid groups (broad SMARTS) is 1. The molecule has 0 saturated carbocycles. The summed E-state index contributed by atoms with van der Waals surface area (Å²) in [6.45, 7) is 0. The van der Waals surface area contributed by atoms with Gasteiger partial charge >= 0.3 is 5.97 Å². The van der Waals surface area contributed by atoms with Gasteiger partial charge in [-0.15, -0.1) is 11.3 Å². The number of benzene rings is 2. The summed E-state index contributed by atoms with van der Waals surface area (Å²) in [4.78, 5) is 30.3. The van der Waals surface area contributed by atoms with E-state index < -0.39 is 11.9 Å². The Morgan fingerprint density at radius 2 is 1.90 bits per heavy atom. The van der Waals surface area contributed by atoms with Crippen molar-refractivity contribution in [2.24, 2.45) is 5.92 Å². The number of hydrogen-bond donors (Lipinski definition) is 1. The van der Waals surface area contributed by atoms with Crippen LogP contribution in [0.1, 0.15) is 12.0 Å². The van der Waals surface area contributed by atoms with Gasteiger partial charge < -0.3 is 5.11 Å². The number of aliphatic carboxylic acids is 1. The van der Waals surface area contributed by atoms with Crippen molar-refractivity contribution in [1.82, 2.24) is 4.98 Å². The molecule has 2 aromatic carbocycles. The van der Waals surface area contributed by atoms with E-state index in [4.69, 9.17) is 23.2 Å². The number of carbonyl (C=O) groups is 2. The molecule has 0 bridgehead atoms. The summed E-state index contributed by atoms with van der Waals surface area (Å²) >= 11 is 13.6. The Hall–Kier alpha value is -2.41. The predicted octanol–water partition coefficient (Wildman–Crippen LogP) is 5.41. The number of halogens is 2. The second-order valence-electron chi connectivity index (χ2n) is 6.52. The molecule has 1 heterocycles. The number of rotatable bonds is 7. The molecule has 3 aromatic rings. The van der Waals surface area contributed by atoms with Crippen LogP contribution in [0.15, 0.2) is 53.9 Å². The molecule has 0 aliphatic heterocycles. The Balaban J connectivity index is 1.83. The first-order valence-electron chi connectivity index (χ1n) is 8.79. The standard InChI is InChI=1S/C21H18Cl2N2O3S/c1-25(20(28)14(10-19(26)27)9-13-5-3-2-4-6-13)21-24-18(12-29-21)16-11-15(22)7-8-17(16)23/h2-8,11-12,14H,9-10H2,1H3,(H,26,27). The van der Waals surface area contributed by atoms with Crippen LogP contribution in [0.2, 0.25) is 10.0 Å². The summed E-state index contributed by atoms with van der Waals surface area (Å²) in [6, 6.07) is 14.5. The molecule has 0 aliphatic carbocycles. The number of hydrogen-bond acceptors (Lipinski definition) is 4. The van der Waals surface area contributed by atoms with Crippen molar-refractivity contribution in [1.29, 1.82) is 0 Å². The fourth-order valence-electron chi connectivity index (χ4n) is 2.96. The van der Waals surface area contributed by atoms with Crippen LogP contribution in [-0.4, -0.2) is 29.0 Å². The minimum Gasteiger partial charge on any atom is -0.481 e. The van der Waals surface area contributed by atoms with Gasteiger partial charge in [0, 0.05) is 23.0 Å². The van der Waals surface area contributed by atoms with Gasteiger partial charge in [-0.3, -0.25) is 14.5 Å². The Kier molecular flexibility index (Phi) is 6.90. The molecular formula is C21H18Cl2N2O3S. The number of thiazole rings is 1. The van der Waals surface area contributed by atoms with Crippen LogP contribution in [0.25, 0.3) is 11.3 Å². The first kappa shape index (κ1) is 21.3. The molecule has 5 nitrogen and oxygen atoms in total. The fraction of sp³-hybridized carbons (Fsp3) is 0.190. The van der Waals surface area contributed by atoms with Crippen molar-refractivity contribution in [3.63, 3.8) is 0 Å². The second-order valence-corrected chi connectivity index (χ2v) is 8.20. The van der Waals surface area contributed by atoms with Gasteiger partial charge in [0.15, 0.2) is 5.13 Å². The molecular weight excluding hydrogens is 431 g/mol. The third-order valence-electron chi connectivity index (χ3n) is 4.41.